The minimum Gasteiger partial charge on any atom is -0.392 e. The number of aliphatic hydroxyl groups excluding tert-OH is 1. The van der Waals surface area contributed by atoms with Gasteiger partial charge in [-0.2, -0.15) is 4.31 Å². The minimum absolute atomic E-state index is 0.0978. The number of primary amides is 1. The Morgan fingerprint density at radius 1 is 1.05 bits per heavy atom. The number of likely N-dealkylation sites (tertiary alicyclic amines) is 1. The number of aryl methyl sites for hydroxylation is 2. The Hall–Kier alpha value is -2.79. The van der Waals surface area contributed by atoms with Crippen molar-refractivity contribution in [3.05, 3.63) is 64.7 Å². The lowest BCUT2D eigenvalue weighted by Crippen LogP contribution is -2.60. The van der Waals surface area contributed by atoms with Crippen molar-refractivity contribution in [2.75, 3.05) is 26.2 Å². The second-order valence-electron chi connectivity index (χ2n) is 11.1. The second kappa shape index (κ2) is 11.4. The van der Waals surface area contributed by atoms with E-state index in [0.717, 1.165) is 60.6 Å². The minimum atomic E-state index is -3.99. The van der Waals surface area contributed by atoms with Crippen molar-refractivity contribution in [1.82, 2.24) is 14.1 Å². The molecule has 0 unspecified atom stereocenters. The predicted octanol–water partition coefficient (Wildman–Crippen LogP) is 2.11. The number of rotatable bonds is 7. The van der Waals surface area contributed by atoms with Crippen molar-refractivity contribution in [3.63, 3.8) is 0 Å². The summed E-state index contributed by atoms with van der Waals surface area (Å²) in [6, 6.07) is 11.6. The van der Waals surface area contributed by atoms with Crippen LogP contribution in [-0.2, 0) is 32.6 Å². The quantitative estimate of drug-likeness (QED) is 0.540. The molecule has 9 nitrogen and oxygen atoms in total. The number of carbonyl (C=O) groups excluding carboxylic acids is 2. The molecule has 10 heteroatoms. The van der Waals surface area contributed by atoms with Gasteiger partial charge >= 0.3 is 0 Å². The van der Waals surface area contributed by atoms with Crippen LogP contribution in [0.15, 0.2) is 47.4 Å². The Balaban J connectivity index is 1.38. The normalized spacial score (nSPS) is 24.9. The summed E-state index contributed by atoms with van der Waals surface area (Å²) < 4.78 is 28.2. The summed E-state index contributed by atoms with van der Waals surface area (Å²) >= 11 is 0. The zero-order valence-corrected chi connectivity index (χ0v) is 23.3. The molecular formula is C29H38N4O5S. The number of nitrogens with two attached hydrogens (primary N) is 1. The van der Waals surface area contributed by atoms with E-state index in [1.165, 1.54) is 23.3 Å². The fourth-order valence-corrected chi connectivity index (χ4v) is 7.88. The molecule has 0 spiro atoms. The molecule has 0 bridgehead atoms. The average Bonchev–Trinajstić information content (AvgIpc) is 2.89. The summed E-state index contributed by atoms with van der Waals surface area (Å²) in [4.78, 5) is 30.0. The van der Waals surface area contributed by atoms with Gasteiger partial charge in [0.05, 0.1) is 23.5 Å². The summed E-state index contributed by atoms with van der Waals surface area (Å²) in [6.07, 6.45) is 3.84. The van der Waals surface area contributed by atoms with E-state index in [1.807, 2.05) is 6.92 Å². The van der Waals surface area contributed by atoms with Crippen LogP contribution in [0.25, 0.3) is 0 Å². The van der Waals surface area contributed by atoms with Gasteiger partial charge in [0.1, 0.15) is 6.04 Å². The lowest BCUT2D eigenvalue weighted by atomic mass is 9.85. The summed E-state index contributed by atoms with van der Waals surface area (Å²) in [6.45, 7) is 4.66. The van der Waals surface area contributed by atoms with E-state index in [-0.39, 0.29) is 42.5 Å². The van der Waals surface area contributed by atoms with Gasteiger partial charge < -0.3 is 15.7 Å². The molecule has 3 aliphatic rings. The van der Waals surface area contributed by atoms with Gasteiger partial charge in [-0.3, -0.25) is 14.5 Å². The van der Waals surface area contributed by atoms with Crippen LogP contribution in [0.2, 0.25) is 0 Å². The molecule has 39 heavy (non-hydrogen) atoms. The van der Waals surface area contributed by atoms with Crippen LogP contribution in [0.3, 0.4) is 0 Å². The fraction of sp³-hybridized carbons (Fsp3) is 0.517. The molecule has 3 atom stereocenters. The van der Waals surface area contributed by atoms with Gasteiger partial charge in [0.2, 0.25) is 21.8 Å². The Labute approximate surface area is 230 Å². The topological polar surface area (TPSA) is 124 Å². The first-order valence-electron chi connectivity index (χ1n) is 13.8. The average molecular weight is 555 g/mol. The number of sulfonamides is 1. The molecule has 2 heterocycles. The van der Waals surface area contributed by atoms with E-state index in [4.69, 9.17) is 5.73 Å². The standard InChI is InChI=1S/C29H38N4O5S/c1-20-7-10-24(11-8-20)39(37,38)33-15-14-32(29(36)27(33)17-28(30)35)26-6-2-4-22-16-21(9-12-25(22)26)18-31-13-3-5-23(34)19-31/h7-12,16,23,26-27,34H,2-6,13-15,17-19H2,1H3,(H2,30,35)/t23-,26-,27-/m1/s1. The Morgan fingerprint density at radius 2 is 1.82 bits per heavy atom. The van der Waals surface area contributed by atoms with Crippen LogP contribution in [0.4, 0.5) is 0 Å². The van der Waals surface area contributed by atoms with Crippen LogP contribution in [0.5, 0.6) is 0 Å². The lowest BCUT2D eigenvalue weighted by molar-refractivity contribution is -0.144. The van der Waals surface area contributed by atoms with Gasteiger partial charge in [-0.25, -0.2) is 8.42 Å². The number of hydrogen-bond donors (Lipinski definition) is 2. The highest BCUT2D eigenvalue weighted by Crippen LogP contribution is 2.38. The summed E-state index contributed by atoms with van der Waals surface area (Å²) in [5.74, 6) is -1.09. The number of hydrogen-bond acceptors (Lipinski definition) is 6. The van der Waals surface area contributed by atoms with Crippen molar-refractivity contribution in [3.8, 4) is 0 Å². The number of nitrogens with zero attached hydrogens (tertiary/aromatic N) is 3. The van der Waals surface area contributed by atoms with E-state index in [0.29, 0.717) is 6.54 Å². The molecule has 2 saturated heterocycles. The van der Waals surface area contributed by atoms with Crippen molar-refractivity contribution >= 4 is 21.8 Å². The van der Waals surface area contributed by atoms with Crippen LogP contribution in [-0.4, -0.2) is 77.8 Å². The number of aliphatic hydroxyl groups is 1. The van der Waals surface area contributed by atoms with Crippen LogP contribution in [0.1, 0.15) is 60.4 Å². The first-order valence-corrected chi connectivity index (χ1v) is 15.3. The number of carbonyl (C=O) groups is 2. The lowest BCUT2D eigenvalue weighted by Gasteiger charge is -2.44. The van der Waals surface area contributed by atoms with E-state index in [2.05, 4.69) is 23.1 Å². The smallest absolute Gasteiger partial charge is 0.243 e. The third-order valence-electron chi connectivity index (χ3n) is 8.25. The van der Waals surface area contributed by atoms with Crippen molar-refractivity contribution < 1.29 is 23.1 Å². The molecule has 0 saturated carbocycles. The highest BCUT2D eigenvalue weighted by Gasteiger charge is 2.45. The number of fused-ring (bicyclic) bond motifs is 1. The van der Waals surface area contributed by atoms with Crippen molar-refractivity contribution in [2.24, 2.45) is 5.73 Å². The number of benzene rings is 2. The highest BCUT2D eigenvalue weighted by molar-refractivity contribution is 7.89. The molecule has 210 valence electrons. The maximum absolute atomic E-state index is 13.9. The number of amides is 2. The van der Waals surface area contributed by atoms with E-state index >= 15 is 0 Å². The first-order chi connectivity index (χ1) is 18.6. The highest BCUT2D eigenvalue weighted by atomic mass is 32.2. The molecule has 2 aliphatic heterocycles. The van der Waals surface area contributed by atoms with Crippen molar-refractivity contribution in [2.45, 2.75) is 75.1 Å². The molecule has 2 fully saturated rings. The largest absolute Gasteiger partial charge is 0.392 e. The Bertz CT molecular complexity index is 1330. The molecule has 3 N–H and O–H groups in total. The third kappa shape index (κ3) is 5.89. The number of β-amino-alcohol motifs (C(OH)–C–C–N with tert-alkyl or cyclic N) is 1. The molecule has 0 aromatic heterocycles. The fourth-order valence-electron chi connectivity index (χ4n) is 6.31. The van der Waals surface area contributed by atoms with Crippen molar-refractivity contribution in [1.29, 1.82) is 0 Å². The van der Waals surface area contributed by atoms with Gasteiger partial charge in [0.15, 0.2) is 0 Å². The Morgan fingerprint density at radius 3 is 2.54 bits per heavy atom. The van der Waals surface area contributed by atoms with Gasteiger partial charge in [-0.1, -0.05) is 35.9 Å². The summed E-state index contributed by atoms with van der Waals surface area (Å²) in [7, 11) is -3.99. The number of piperazine rings is 1. The van der Waals surface area contributed by atoms with E-state index < -0.39 is 22.0 Å². The second-order valence-corrected chi connectivity index (χ2v) is 13.0. The molecular weight excluding hydrogens is 516 g/mol. The van der Waals surface area contributed by atoms with Crippen LogP contribution < -0.4 is 5.73 Å². The van der Waals surface area contributed by atoms with Crippen LogP contribution in [0, 0.1) is 6.92 Å². The first kappa shape index (κ1) is 27.8. The van der Waals surface area contributed by atoms with Gasteiger partial charge in [0.25, 0.3) is 0 Å². The van der Waals surface area contributed by atoms with Gasteiger partial charge in [0, 0.05) is 26.2 Å². The SMILES string of the molecule is Cc1ccc(S(=O)(=O)N2CCN([C@@H]3CCCc4cc(CN5CCC[C@@H](O)C5)ccc43)C(=O)[C@H]2CC(N)=O)cc1. The molecule has 2 aromatic carbocycles. The monoisotopic (exact) mass is 554 g/mol. The molecule has 2 amide bonds. The van der Waals surface area contributed by atoms with Gasteiger partial charge in [-0.05, 0) is 74.4 Å². The molecule has 1 aliphatic carbocycles. The Kier molecular flexibility index (Phi) is 8.09. The van der Waals surface area contributed by atoms with E-state index in [9.17, 15) is 23.1 Å². The summed E-state index contributed by atoms with van der Waals surface area (Å²) in [5.41, 5.74) is 9.91. The van der Waals surface area contributed by atoms with Gasteiger partial charge in [-0.15, -0.1) is 0 Å². The molecule has 0 radical (unpaired) electrons. The van der Waals surface area contributed by atoms with E-state index in [1.54, 1.807) is 17.0 Å². The number of piperidine rings is 1. The zero-order chi connectivity index (χ0) is 27.7. The maximum Gasteiger partial charge on any atom is 0.243 e. The molecule has 2 aromatic rings. The zero-order valence-electron chi connectivity index (χ0n) is 22.5. The third-order valence-corrected chi connectivity index (χ3v) is 10.2. The predicted molar refractivity (Wildman–Crippen MR) is 147 cm³/mol. The molecule has 5 rings (SSSR count). The summed E-state index contributed by atoms with van der Waals surface area (Å²) in [5, 5.41) is 10.0. The maximum atomic E-state index is 13.9. The van der Waals surface area contributed by atoms with Crippen LogP contribution >= 0.6 is 0 Å².